The Balaban J connectivity index is 1.56. The maximum atomic E-state index is 14.2. The Morgan fingerprint density at radius 1 is 0.473 bits per heavy atom. The molecular formula is C41H32F12P2. The van der Waals surface area contributed by atoms with Gasteiger partial charge in [0.05, 0.1) is 22.3 Å². The first-order valence-electron chi connectivity index (χ1n) is 17.1. The van der Waals surface area contributed by atoms with Gasteiger partial charge < -0.3 is 0 Å². The van der Waals surface area contributed by atoms with Crippen LogP contribution in [0.25, 0.3) is 0 Å². The summed E-state index contributed by atoms with van der Waals surface area (Å²) in [6.45, 7) is 1.52. The van der Waals surface area contributed by atoms with Crippen molar-refractivity contribution < 1.29 is 52.7 Å². The lowest BCUT2D eigenvalue weighted by Gasteiger charge is -2.36. The molecule has 0 nitrogen and oxygen atoms in total. The number of rotatable bonds is 8. The van der Waals surface area contributed by atoms with Gasteiger partial charge in [0.1, 0.15) is 0 Å². The first-order valence-corrected chi connectivity index (χ1v) is 19.9. The van der Waals surface area contributed by atoms with Crippen LogP contribution in [-0.2, 0) is 24.7 Å². The van der Waals surface area contributed by atoms with Crippen molar-refractivity contribution in [2.75, 3.05) is 0 Å². The Morgan fingerprint density at radius 3 is 1.25 bits per heavy atom. The Labute approximate surface area is 312 Å². The molecule has 290 valence electrons. The van der Waals surface area contributed by atoms with E-state index in [4.69, 9.17) is 0 Å². The average Bonchev–Trinajstić information content (AvgIpc) is 3.61. The summed E-state index contributed by atoms with van der Waals surface area (Å²) in [5.41, 5.74) is -6.92. The summed E-state index contributed by atoms with van der Waals surface area (Å²) in [5.74, 6) is -0.905. The first kappa shape index (κ1) is 40.8. The molecule has 1 saturated carbocycles. The fraction of sp³-hybridized carbons (Fsp3) is 0.268. The molecule has 0 heterocycles. The maximum Gasteiger partial charge on any atom is 0.416 e. The van der Waals surface area contributed by atoms with Crippen LogP contribution in [-0.4, -0.2) is 5.66 Å². The molecule has 1 aliphatic carbocycles. The van der Waals surface area contributed by atoms with Crippen LogP contribution in [0.5, 0.6) is 0 Å². The lowest BCUT2D eigenvalue weighted by Crippen LogP contribution is -2.32. The van der Waals surface area contributed by atoms with E-state index in [0.717, 1.165) is 21.5 Å². The fourth-order valence-corrected chi connectivity index (χ4v) is 13.1. The van der Waals surface area contributed by atoms with E-state index in [9.17, 15) is 52.7 Å². The van der Waals surface area contributed by atoms with Crippen LogP contribution in [0, 0.1) is 5.92 Å². The second kappa shape index (κ2) is 15.6. The van der Waals surface area contributed by atoms with E-state index >= 15 is 0 Å². The van der Waals surface area contributed by atoms with Crippen LogP contribution < -0.4 is 26.5 Å². The first-order chi connectivity index (χ1) is 25.7. The van der Waals surface area contributed by atoms with Crippen molar-refractivity contribution in [2.45, 2.75) is 62.5 Å². The molecule has 5 aromatic carbocycles. The molecule has 3 atom stereocenters. The van der Waals surface area contributed by atoms with Crippen molar-refractivity contribution in [2.24, 2.45) is 5.92 Å². The van der Waals surface area contributed by atoms with Crippen LogP contribution >= 0.6 is 15.8 Å². The summed E-state index contributed by atoms with van der Waals surface area (Å²) < 4.78 is 170. The summed E-state index contributed by atoms with van der Waals surface area (Å²) in [6.07, 6.45) is -19.7. The molecule has 0 aromatic heterocycles. The van der Waals surface area contributed by atoms with Gasteiger partial charge in [0.2, 0.25) is 0 Å². The predicted octanol–water partition coefficient (Wildman–Crippen LogP) is 11.9. The highest BCUT2D eigenvalue weighted by atomic mass is 31.1. The number of benzene rings is 5. The third-order valence-corrected chi connectivity index (χ3v) is 15.2. The lowest BCUT2D eigenvalue weighted by molar-refractivity contribution is -0.144. The molecule has 0 bridgehead atoms. The van der Waals surface area contributed by atoms with Crippen LogP contribution in [0.15, 0.2) is 121 Å². The topological polar surface area (TPSA) is 0 Å². The summed E-state index contributed by atoms with van der Waals surface area (Å²) in [5, 5.41) is 1.72. The molecule has 55 heavy (non-hydrogen) atoms. The second-order valence-corrected chi connectivity index (χ2v) is 18.2. The number of hydrogen-bond acceptors (Lipinski definition) is 0. The standard InChI is InChI=1S/C41H32F12P2/c1-25(34-16-10-17-35(34)36-15-8-9-18-37(36)55(30-11-4-2-5-12-30)31-13-6-3-7-14-31)54(32-21-26(38(42,43)44)19-27(22-32)39(45,46)47)33-23-28(40(48,49)50)20-29(24-33)41(51,52)53/h2-9,11-15,18-25,34-35H,10,16-17H2,1H3/t25-,34?,35?/m1/s1. The highest BCUT2D eigenvalue weighted by molar-refractivity contribution is 7.80. The minimum Gasteiger partial charge on any atom is -0.166 e. The highest BCUT2D eigenvalue weighted by Crippen LogP contribution is 2.54. The molecule has 2 unspecified atom stereocenters. The van der Waals surface area contributed by atoms with Crippen molar-refractivity contribution in [3.05, 3.63) is 149 Å². The second-order valence-electron chi connectivity index (χ2n) is 13.4. The van der Waals surface area contributed by atoms with Crippen LogP contribution in [0.3, 0.4) is 0 Å². The summed E-state index contributed by atoms with van der Waals surface area (Å²) in [7, 11) is -3.89. The third-order valence-electron chi connectivity index (χ3n) is 9.90. The maximum absolute atomic E-state index is 14.2. The smallest absolute Gasteiger partial charge is 0.166 e. The van der Waals surface area contributed by atoms with E-state index < -0.39 is 85.0 Å². The van der Waals surface area contributed by atoms with Gasteiger partial charge in [-0.2, -0.15) is 52.7 Å². The fourth-order valence-electron chi connectivity index (χ4n) is 7.50. The van der Waals surface area contributed by atoms with Crippen LogP contribution in [0.2, 0.25) is 0 Å². The van der Waals surface area contributed by atoms with E-state index in [2.05, 4.69) is 0 Å². The predicted molar refractivity (Wildman–Crippen MR) is 194 cm³/mol. The van der Waals surface area contributed by atoms with E-state index in [0.29, 0.717) is 43.5 Å². The van der Waals surface area contributed by atoms with Crippen LogP contribution in [0.4, 0.5) is 52.7 Å². The number of alkyl halides is 12. The quantitative estimate of drug-likeness (QED) is 0.108. The van der Waals surface area contributed by atoms with Gasteiger partial charge in [-0.05, 0) is 115 Å². The summed E-state index contributed by atoms with van der Waals surface area (Å²) in [6, 6.07) is 28.4. The molecule has 0 amide bonds. The van der Waals surface area contributed by atoms with Gasteiger partial charge in [-0.3, -0.25) is 0 Å². The molecule has 6 rings (SSSR count). The van der Waals surface area contributed by atoms with Crippen LogP contribution in [0.1, 0.15) is 59.9 Å². The highest BCUT2D eigenvalue weighted by Gasteiger charge is 2.44. The van der Waals surface area contributed by atoms with Gasteiger partial charge in [0.15, 0.2) is 0 Å². The molecule has 0 N–H and O–H groups in total. The third kappa shape index (κ3) is 9.07. The van der Waals surface area contributed by atoms with Gasteiger partial charge in [0, 0.05) is 0 Å². The zero-order valence-electron chi connectivity index (χ0n) is 28.8. The molecular weight excluding hydrogens is 782 g/mol. The molecule has 0 radical (unpaired) electrons. The van der Waals surface area contributed by atoms with Crippen molar-refractivity contribution in [1.29, 1.82) is 0 Å². The molecule has 5 aromatic rings. The molecule has 14 heteroatoms. The SMILES string of the molecule is C[C@H](C1CCCC1c1ccccc1P(c1ccccc1)c1ccccc1)P(c1cc(C(F)(F)F)cc(C(F)(F)F)c1)c1cc(C(F)(F)F)cc(C(F)(F)F)c1. The molecule has 0 aliphatic heterocycles. The van der Waals surface area contributed by atoms with Gasteiger partial charge in [-0.1, -0.05) is 98.3 Å². The van der Waals surface area contributed by atoms with E-state index in [1.54, 1.807) is 0 Å². The monoisotopic (exact) mass is 814 g/mol. The van der Waals surface area contributed by atoms with E-state index in [-0.39, 0.29) is 18.1 Å². The Bertz CT molecular complexity index is 1910. The van der Waals surface area contributed by atoms with Crippen molar-refractivity contribution in [3.63, 3.8) is 0 Å². The molecule has 1 fully saturated rings. The Morgan fingerprint density at radius 2 is 0.855 bits per heavy atom. The molecule has 0 saturated heterocycles. The zero-order chi connectivity index (χ0) is 39.9. The van der Waals surface area contributed by atoms with Crippen molar-refractivity contribution >= 4 is 42.4 Å². The molecule has 0 spiro atoms. The van der Waals surface area contributed by atoms with Gasteiger partial charge in [-0.25, -0.2) is 0 Å². The normalized spacial score (nSPS) is 17.6. The Hall–Kier alpha value is -3.88. The number of hydrogen-bond donors (Lipinski definition) is 0. The van der Waals surface area contributed by atoms with Gasteiger partial charge in [-0.15, -0.1) is 0 Å². The largest absolute Gasteiger partial charge is 0.416 e. The number of halogens is 12. The van der Waals surface area contributed by atoms with Crippen molar-refractivity contribution in [1.82, 2.24) is 0 Å². The minimum absolute atomic E-state index is 0.0982. The van der Waals surface area contributed by atoms with Gasteiger partial charge >= 0.3 is 24.7 Å². The van der Waals surface area contributed by atoms with E-state index in [1.165, 1.54) is 6.92 Å². The van der Waals surface area contributed by atoms with Gasteiger partial charge in [0.25, 0.3) is 0 Å². The minimum atomic E-state index is -5.30. The Kier molecular flexibility index (Phi) is 11.5. The average molecular weight is 815 g/mol. The lowest BCUT2D eigenvalue weighted by atomic mass is 9.87. The summed E-state index contributed by atoms with van der Waals surface area (Å²) in [4.78, 5) is 0. The molecule has 1 aliphatic rings. The summed E-state index contributed by atoms with van der Waals surface area (Å²) >= 11 is 0. The van der Waals surface area contributed by atoms with Crippen molar-refractivity contribution in [3.8, 4) is 0 Å². The van der Waals surface area contributed by atoms with E-state index in [1.807, 2.05) is 84.9 Å². The zero-order valence-corrected chi connectivity index (χ0v) is 30.6.